The molecule has 0 aromatic carbocycles. The summed E-state index contributed by atoms with van der Waals surface area (Å²) in [6, 6.07) is 2.61. The van der Waals surface area contributed by atoms with Crippen molar-refractivity contribution in [3.8, 4) is 0 Å². The number of hydrogen-bond acceptors (Lipinski definition) is 3. The summed E-state index contributed by atoms with van der Waals surface area (Å²) in [5, 5.41) is 2.18. The molecular weight excluding hydrogens is 228 g/mol. The fraction of sp³-hybridized carbons (Fsp3) is 0.714. The van der Waals surface area contributed by atoms with Crippen LogP contribution in [0.3, 0.4) is 0 Å². The van der Waals surface area contributed by atoms with Crippen molar-refractivity contribution >= 4 is 11.3 Å². The molecule has 2 N–H and O–H groups in total. The third-order valence-corrected chi connectivity index (χ3v) is 5.10. The lowest BCUT2D eigenvalue weighted by Gasteiger charge is -2.29. The summed E-state index contributed by atoms with van der Waals surface area (Å²) in [6.45, 7) is 4.13. The van der Waals surface area contributed by atoms with Gasteiger partial charge >= 0.3 is 0 Å². The molecule has 0 radical (unpaired) electrons. The molecule has 1 aromatic heterocycles. The highest BCUT2D eigenvalue weighted by molar-refractivity contribution is 7.10. The van der Waals surface area contributed by atoms with Gasteiger partial charge in [0.05, 0.1) is 6.04 Å². The number of nitrogens with zero attached hydrogens (tertiary/aromatic N) is 1. The molecule has 1 aliphatic rings. The number of likely N-dealkylation sites (N-methyl/N-ethyl adjacent to an activating group) is 1. The van der Waals surface area contributed by atoms with Crippen LogP contribution in [0.1, 0.15) is 42.2 Å². The molecule has 1 heterocycles. The Morgan fingerprint density at radius 2 is 2.18 bits per heavy atom. The first-order valence-corrected chi connectivity index (χ1v) is 7.54. The Morgan fingerprint density at radius 1 is 1.47 bits per heavy atom. The number of rotatable bonds is 5. The Morgan fingerprint density at radius 3 is 2.71 bits per heavy atom. The van der Waals surface area contributed by atoms with Crippen molar-refractivity contribution in [3.63, 3.8) is 0 Å². The van der Waals surface area contributed by atoms with Crippen LogP contribution in [0, 0.1) is 12.8 Å². The van der Waals surface area contributed by atoms with Gasteiger partial charge < -0.3 is 5.73 Å². The zero-order chi connectivity index (χ0) is 12.3. The minimum Gasteiger partial charge on any atom is -0.329 e. The number of hydrogen-bond donors (Lipinski definition) is 1. The van der Waals surface area contributed by atoms with Gasteiger partial charge in [-0.05, 0) is 49.7 Å². The molecule has 17 heavy (non-hydrogen) atoms. The first-order valence-electron chi connectivity index (χ1n) is 6.66. The van der Waals surface area contributed by atoms with E-state index in [9.17, 15) is 0 Å². The second-order valence-electron chi connectivity index (χ2n) is 5.31. The predicted octanol–water partition coefficient (Wildman–Crippen LogP) is 3.18. The summed E-state index contributed by atoms with van der Waals surface area (Å²) in [5.41, 5.74) is 7.37. The van der Waals surface area contributed by atoms with E-state index in [1.165, 1.54) is 42.7 Å². The normalized spacial score (nSPS) is 19.1. The monoisotopic (exact) mass is 252 g/mol. The van der Waals surface area contributed by atoms with Crippen molar-refractivity contribution in [3.05, 3.63) is 21.9 Å². The fourth-order valence-electron chi connectivity index (χ4n) is 2.94. The van der Waals surface area contributed by atoms with Gasteiger partial charge in [-0.2, -0.15) is 0 Å². The van der Waals surface area contributed by atoms with E-state index in [1.807, 2.05) is 11.3 Å². The molecule has 2 nitrogen and oxygen atoms in total. The predicted molar refractivity (Wildman–Crippen MR) is 75.4 cm³/mol. The molecule has 1 aromatic rings. The Kier molecular flexibility index (Phi) is 4.60. The summed E-state index contributed by atoms with van der Waals surface area (Å²) in [4.78, 5) is 3.92. The molecule has 0 bridgehead atoms. The first-order chi connectivity index (χ1) is 8.22. The molecule has 1 aliphatic carbocycles. The van der Waals surface area contributed by atoms with Crippen LogP contribution in [0.25, 0.3) is 0 Å². The standard InChI is InChI=1S/C14H24N2S/c1-11-7-8-17-14(11)13(9-15)16(2)10-12-5-3-4-6-12/h7-8,12-13H,3-6,9-10,15H2,1-2H3. The second kappa shape index (κ2) is 5.98. The van der Waals surface area contributed by atoms with Crippen molar-refractivity contribution in [2.45, 2.75) is 38.6 Å². The summed E-state index contributed by atoms with van der Waals surface area (Å²) in [5.74, 6) is 0.898. The van der Waals surface area contributed by atoms with Crippen molar-refractivity contribution in [1.82, 2.24) is 4.90 Å². The number of thiophene rings is 1. The fourth-order valence-corrected chi connectivity index (χ4v) is 4.05. The molecule has 1 fully saturated rings. The van der Waals surface area contributed by atoms with E-state index in [-0.39, 0.29) is 0 Å². The molecule has 2 rings (SSSR count). The quantitative estimate of drug-likeness (QED) is 0.872. The van der Waals surface area contributed by atoms with Crippen LogP contribution in [-0.2, 0) is 0 Å². The third kappa shape index (κ3) is 3.09. The second-order valence-corrected chi connectivity index (χ2v) is 6.26. The largest absolute Gasteiger partial charge is 0.329 e. The van der Waals surface area contributed by atoms with Gasteiger partial charge in [0.2, 0.25) is 0 Å². The summed E-state index contributed by atoms with van der Waals surface area (Å²) >= 11 is 1.85. The lowest BCUT2D eigenvalue weighted by molar-refractivity contribution is 0.214. The highest BCUT2D eigenvalue weighted by atomic mass is 32.1. The Hall–Kier alpha value is -0.380. The van der Waals surface area contributed by atoms with E-state index in [2.05, 4.69) is 30.3 Å². The van der Waals surface area contributed by atoms with Crippen LogP contribution in [0.2, 0.25) is 0 Å². The molecule has 96 valence electrons. The zero-order valence-electron chi connectivity index (χ0n) is 11.0. The van der Waals surface area contributed by atoms with Crippen molar-refractivity contribution in [1.29, 1.82) is 0 Å². The lowest BCUT2D eigenvalue weighted by atomic mass is 10.1. The maximum atomic E-state index is 5.97. The van der Waals surface area contributed by atoms with E-state index in [0.29, 0.717) is 6.04 Å². The topological polar surface area (TPSA) is 29.3 Å². The van der Waals surface area contributed by atoms with Gasteiger partial charge in [-0.3, -0.25) is 4.90 Å². The van der Waals surface area contributed by atoms with E-state index in [0.717, 1.165) is 12.5 Å². The Balaban J connectivity index is 1.99. The summed E-state index contributed by atoms with van der Waals surface area (Å²) in [7, 11) is 2.23. The molecule has 1 saturated carbocycles. The van der Waals surface area contributed by atoms with Crippen LogP contribution < -0.4 is 5.73 Å². The maximum absolute atomic E-state index is 5.97. The lowest BCUT2D eigenvalue weighted by Crippen LogP contribution is -2.33. The zero-order valence-corrected chi connectivity index (χ0v) is 11.8. The van der Waals surface area contributed by atoms with E-state index < -0.39 is 0 Å². The van der Waals surface area contributed by atoms with Gasteiger partial charge in [-0.25, -0.2) is 0 Å². The van der Waals surface area contributed by atoms with Crippen LogP contribution in [-0.4, -0.2) is 25.0 Å². The molecule has 0 saturated heterocycles. The Labute approximate surface area is 109 Å². The molecule has 3 heteroatoms. The van der Waals surface area contributed by atoms with Gasteiger partial charge in [0.15, 0.2) is 0 Å². The van der Waals surface area contributed by atoms with Crippen LogP contribution in [0.4, 0.5) is 0 Å². The average molecular weight is 252 g/mol. The molecular formula is C14H24N2S. The van der Waals surface area contributed by atoms with Crippen LogP contribution >= 0.6 is 11.3 Å². The van der Waals surface area contributed by atoms with Gasteiger partial charge in [-0.1, -0.05) is 12.8 Å². The molecule has 0 spiro atoms. The van der Waals surface area contributed by atoms with Crippen molar-refractivity contribution in [2.75, 3.05) is 20.1 Å². The van der Waals surface area contributed by atoms with Gasteiger partial charge in [-0.15, -0.1) is 11.3 Å². The average Bonchev–Trinajstić information content (AvgIpc) is 2.92. The minimum atomic E-state index is 0.413. The third-order valence-electron chi connectivity index (χ3n) is 3.98. The summed E-state index contributed by atoms with van der Waals surface area (Å²) in [6.07, 6.45) is 5.66. The van der Waals surface area contributed by atoms with Crippen LogP contribution in [0.15, 0.2) is 11.4 Å². The van der Waals surface area contributed by atoms with Crippen molar-refractivity contribution < 1.29 is 0 Å². The summed E-state index contributed by atoms with van der Waals surface area (Å²) < 4.78 is 0. The number of aryl methyl sites for hydroxylation is 1. The molecule has 0 aliphatic heterocycles. The van der Waals surface area contributed by atoms with E-state index >= 15 is 0 Å². The first kappa shape index (κ1) is 13.1. The minimum absolute atomic E-state index is 0.413. The molecule has 1 atom stereocenters. The highest BCUT2D eigenvalue weighted by Crippen LogP contribution is 2.31. The van der Waals surface area contributed by atoms with E-state index in [4.69, 9.17) is 5.73 Å². The van der Waals surface area contributed by atoms with E-state index in [1.54, 1.807) is 0 Å². The van der Waals surface area contributed by atoms with Crippen LogP contribution in [0.5, 0.6) is 0 Å². The smallest absolute Gasteiger partial charge is 0.0564 e. The SMILES string of the molecule is Cc1ccsc1C(CN)N(C)CC1CCCC1. The Bertz CT molecular complexity index is 342. The van der Waals surface area contributed by atoms with Gasteiger partial charge in [0, 0.05) is 18.0 Å². The van der Waals surface area contributed by atoms with Crippen molar-refractivity contribution in [2.24, 2.45) is 11.7 Å². The maximum Gasteiger partial charge on any atom is 0.0564 e. The molecule has 1 unspecified atom stereocenters. The number of nitrogens with two attached hydrogens (primary N) is 1. The van der Waals surface area contributed by atoms with Gasteiger partial charge in [0.25, 0.3) is 0 Å². The molecule has 0 amide bonds. The van der Waals surface area contributed by atoms with Gasteiger partial charge in [0.1, 0.15) is 0 Å². The highest BCUT2D eigenvalue weighted by Gasteiger charge is 2.23.